The zero-order chi connectivity index (χ0) is 21.8. The predicted octanol–water partition coefficient (Wildman–Crippen LogP) is 2.27. The van der Waals surface area contributed by atoms with Gasteiger partial charge in [0.05, 0.1) is 12.3 Å². The smallest absolute Gasteiger partial charge is 0.213 e. The molecule has 2 rings (SSSR count). The highest BCUT2D eigenvalue weighted by atomic mass is 32.2. The third-order valence-electron chi connectivity index (χ3n) is 4.28. The molecule has 0 aliphatic rings. The first kappa shape index (κ1) is 23.6. The Labute approximate surface area is 177 Å². The molecule has 9 heteroatoms. The molecule has 0 aliphatic heterocycles. The number of benzene rings is 2. The molecule has 164 valence electrons. The molecule has 3 N–H and O–H groups in total. The quantitative estimate of drug-likeness (QED) is 0.371. The van der Waals surface area contributed by atoms with Crippen LogP contribution < -0.4 is 20.1 Å². The van der Waals surface area contributed by atoms with Gasteiger partial charge in [-0.1, -0.05) is 43.3 Å². The van der Waals surface area contributed by atoms with Crippen LogP contribution in [0.25, 0.3) is 0 Å². The molecule has 0 aromatic heterocycles. The van der Waals surface area contributed by atoms with Gasteiger partial charge in [-0.3, -0.25) is 4.99 Å². The minimum atomic E-state index is -3.42. The Hall–Kier alpha value is -2.65. The van der Waals surface area contributed by atoms with E-state index in [2.05, 4.69) is 20.3 Å². The summed E-state index contributed by atoms with van der Waals surface area (Å²) in [4.78, 5) is 4.09. The van der Waals surface area contributed by atoms with Crippen molar-refractivity contribution in [3.63, 3.8) is 0 Å². The second-order valence-electron chi connectivity index (χ2n) is 6.61. The lowest BCUT2D eigenvalue weighted by Crippen LogP contribution is -2.44. The van der Waals surface area contributed by atoms with E-state index in [1.54, 1.807) is 19.2 Å². The van der Waals surface area contributed by atoms with Crippen molar-refractivity contribution in [1.29, 1.82) is 0 Å². The summed E-state index contributed by atoms with van der Waals surface area (Å²) >= 11 is 0. The maximum Gasteiger partial charge on any atom is 0.213 e. The molecule has 7 nitrogen and oxygen atoms in total. The summed E-state index contributed by atoms with van der Waals surface area (Å²) in [5.74, 6) is 0.490. The van der Waals surface area contributed by atoms with Crippen molar-refractivity contribution in [1.82, 2.24) is 15.4 Å². The van der Waals surface area contributed by atoms with E-state index < -0.39 is 10.0 Å². The van der Waals surface area contributed by atoms with Gasteiger partial charge in [0.15, 0.2) is 5.96 Å². The van der Waals surface area contributed by atoms with Crippen molar-refractivity contribution in [2.75, 3.05) is 25.9 Å². The second-order valence-corrected chi connectivity index (χ2v) is 8.54. The number of nitrogens with one attached hydrogen (secondary N) is 3. The van der Waals surface area contributed by atoms with Crippen molar-refractivity contribution >= 4 is 16.0 Å². The Morgan fingerprint density at radius 2 is 1.90 bits per heavy atom. The molecule has 2 aromatic carbocycles. The fourth-order valence-electron chi connectivity index (χ4n) is 2.60. The Bertz CT molecular complexity index is 907. The molecule has 0 spiro atoms. The highest BCUT2D eigenvalue weighted by molar-refractivity contribution is 7.89. The lowest BCUT2D eigenvalue weighted by atomic mass is 10.2. The third-order valence-corrected chi connectivity index (χ3v) is 5.60. The van der Waals surface area contributed by atoms with Gasteiger partial charge in [0, 0.05) is 26.2 Å². The van der Waals surface area contributed by atoms with Crippen molar-refractivity contribution in [2.45, 2.75) is 26.0 Å². The number of hydrogen-bond donors (Lipinski definition) is 3. The van der Waals surface area contributed by atoms with Gasteiger partial charge in [-0.2, -0.15) is 0 Å². The molecular weight excluding hydrogens is 407 g/mol. The predicted molar refractivity (Wildman–Crippen MR) is 118 cm³/mol. The van der Waals surface area contributed by atoms with Crippen LogP contribution in [-0.2, 0) is 16.6 Å². The molecule has 0 heterocycles. The average molecular weight is 437 g/mol. The van der Waals surface area contributed by atoms with E-state index in [0.29, 0.717) is 24.7 Å². The number of rotatable bonds is 11. The van der Waals surface area contributed by atoms with Crippen LogP contribution in [0.2, 0.25) is 0 Å². The normalized spacial score (nSPS) is 13.0. The van der Waals surface area contributed by atoms with Crippen LogP contribution in [0.15, 0.2) is 59.6 Å². The van der Waals surface area contributed by atoms with Gasteiger partial charge in [-0.15, -0.1) is 0 Å². The molecule has 1 atom stereocenters. The second kappa shape index (κ2) is 12.1. The van der Waals surface area contributed by atoms with Gasteiger partial charge in [-0.25, -0.2) is 17.5 Å². The maximum atomic E-state index is 13.3. The summed E-state index contributed by atoms with van der Waals surface area (Å²) in [7, 11) is -1.82. The molecule has 2 aromatic rings. The summed E-state index contributed by atoms with van der Waals surface area (Å²) in [6, 6.07) is 15.3. The van der Waals surface area contributed by atoms with E-state index in [1.165, 1.54) is 12.1 Å². The van der Waals surface area contributed by atoms with E-state index in [9.17, 15) is 12.8 Å². The van der Waals surface area contributed by atoms with Gasteiger partial charge in [0.25, 0.3) is 0 Å². The number of nitrogens with zero attached hydrogens (tertiary/aromatic N) is 1. The standard InChI is InChI=1S/C21H29FN4O3S/c1-3-19(29-20-11-7-10-18(22)14-20)16-25-21(23-2)24-12-13-30(27,28)26-15-17-8-5-4-6-9-17/h4-11,14,19,26H,3,12-13,15-16H2,1-2H3,(H2,23,24,25). The number of halogens is 1. The summed E-state index contributed by atoms with van der Waals surface area (Å²) in [5.41, 5.74) is 0.899. The molecule has 1 unspecified atom stereocenters. The van der Waals surface area contributed by atoms with Gasteiger partial charge in [0.1, 0.15) is 17.7 Å². The first-order chi connectivity index (χ1) is 14.4. The monoisotopic (exact) mass is 436 g/mol. The van der Waals surface area contributed by atoms with Crippen LogP contribution in [0.3, 0.4) is 0 Å². The molecule has 0 bridgehead atoms. The van der Waals surface area contributed by atoms with Gasteiger partial charge < -0.3 is 15.4 Å². The van der Waals surface area contributed by atoms with Crippen LogP contribution in [0.4, 0.5) is 4.39 Å². The van der Waals surface area contributed by atoms with Crippen molar-refractivity contribution in [3.05, 3.63) is 66.0 Å². The number of aliphatic imine (C=N–C) groups is 1. The van der Waals surface area contributed by atoms with Crippen molar-refractivity contribution < 1.29 is 17.5 Å². The zero-order valence-electron chi connectivity index (χ0n) is 17.3. The minimum absolute atomic E-state index is 0.0858. The van der Waals surface area contributed by atoms with Crippen LogP contribution in [-0.4, -0.2) is 46.4 Å². The lowest BCUT2D eigenvalue weighted by molar-refractivity contribution is 0.199. The molecule has 0 saturated heterocycles. The highest BCUT2D eigenvalue weighted by Gasteiger charge is 2.12. The van der Waals surface area contributed by atoms with Gasteiger partial charge in [-0.05, 0) is 24.1 Å². The molecule has 0 aliphatic carbocycles. The maximum absolute atomic E-state index is 13.3. The molecule has 0 amide bonds. The highest BCUT2D eigenvalue weighted by Crippen LogP contribution is 2.14. The topological polar surface area (TPSA) is 91.8 Å². The summed E-state index contributed by atoms with van der Waals surface area (Å²) < 4.78 is 46.0. The Morgan fingerprint density at radius 1 is 1.13 bits per heavy atom. The Kier molecular flexibility index (Phi) is 9.56. The number of hydrogen-bond acceptors (Lipinski definition) is 4. The number of guanidine groups is 1. The molecule has 30 heavy (non-hydrogen) atoms. The molecule has 0 fully saturated rings. The van der Waals surface area contributed by atoms with Crippen LogP contribution in [0, 0.1) is 5.82 Å². The molecule has 0 radical (unpaired) electrons. The van der Waals surface area contributed by atoms with E-state index in [4.69, 9.17) is 4.74 Å². The Balaban J connectivity index is 1.74. The van der Waals surface area contributed by atoms with E-state index in [1.807, 2.05) is 37.3 Å². The summed E-state index contributed by atoms with van der Waals surface area (Å²) in [6.07, 6.45) is 0.514. The van der Waals surface area contributed by atoms with Crippen molar-refractivity contribution in [3.8, 4) is 5.75 Å². The average Bonchev–Trinajstić information content (AvgIpc) is 2.74. The van der Waals surface area contributed by atoms with Gasteiger partial charge >= 0.3 is 0 Å². The van der Waals surface area contributed by atoms with Crippen LogP contribution in [0.5, 0.6) is 5.75 Å². The number of sulfonamides is 1. The van der Waals surface area contributed by atoms with Crippen molar-refractivity contribution in [2.24, 2.45) is 4.99 Å². The molecule has 0 saturated carbocycles. The summed E-state index contributed by atoms with van der Waals surface area (Å²) in [6.45, 7) is 2.86. The number of ether oxygens (including phenoxy) is 1. The fraction of sp³-hybridized carbons (Fsp3) is 0.381. The van der Waals surface area contributed by atoms with Gasteiger partial charge in [0.2, 0.25) is 10.0 Å². The lowest BCUT2D eigenvalue weighted by Gasteiger charge is -2.20. The van der Waals surface area contributed by atoms with E-state index in [-0.39, 0.29) is 30.8 Å². The minimum Gasteiger partial charge on any atom is -0.489 e. The van der Waals surface area contributed by atoms with E-state index >= 15 is 0 Å². The third kappa shape index (κ3) is 8.79. The summed E-state index contributed by atoms with van der Waals surface area (Å²) in [5, 5.41) is 6.08. The fourth-order valence-corrected chi connectivity index (χ4v) is 3.50. The largest absolute Gasteiger partial charge is 0.489 e. The SMILES string of the molecule is CCC(CNC(=NC)NCCS(=O)(=O)NCc1ccccc1)Oc1cccc(F)c1. The molecular formula is C21H29FN4O3S. The van der Waals surface area contributed by atoms with Crippen LogP contribution in [0.1, 0.15) is 18.9 Å². The Morgan fingerprint density at radius 3 is 2.57 bits per heavy atom. The first-order valence-electron chi connectivity index (χ1n) is 9.80. The van der Waals surface area contributed by atoms with E-state index in [0.717, 1.165) is 5.56 Å². The first-order valence-corrected chi connectivity index (χ1v) is 11.4. The zero-order valence-corrected chi connectivity index (χ0v) is 18.1. The van der Waals surface area contributed by atoms with Crippen LogP contribution >= 0.6 is 0 Å².